The van der Waals surface area contributed by atoms with Crippen LogP contribution in [0.15, 0.2) is 72.8 Å². The van der Waals surface area contributed by atoms with Gasteiger partial charge in [0.15, 0.2) is 0 Å². The zero-order valence-corrected chi connectivity index (χ0v) is 17.4. The van der Waals surface area contributed by atoms with E-state index in [1.54, 1.807) is 26.4 Å². The molecule has 31 heavy (non-hydrogen) atoms. The van der Waals surface area contributed by atoms with Crippen LogP contribution in [0.3, 0.4) is 0 Å². The first-order valence-electron chi connectivity index (χ1n) is 9.78. The van der Waals surface area contributed by atoms with Gasteiger partial charge in [-0.05, 0) is 47.4 Å². The Morgan fingerprint density at radius 3 is 1.90 bits per heavy atom. The fraction of sp³-hybridized carbons (Fsp3) is 0.208. The molecule has 3 aromatic rings. The van der Waals surface area contributed by atoms with E-state index in [4.69, 9.17) is 9.47 Å². The number of carbonyl (C=O) groups excluding carboxylic acids is 1. The van der Waals surface area contributed by atoms with Crippen molar-refractivity contribution in [2.24, 2.45) is 0 Å². The third kappa shape index (κ3) is 6.05. The molecule has 0 aliphatic carbocycles. The van der Waals surface area contributed by atoms with Crippen molar-refractivity contribution < 1.29 is 19.2 Å². The number of rotatable bonds is 9. The van der Waals surface area contributed by atoms with E-state index in [1.807, 2.05) is 48.5 Å². The van der Waals surface area contributed by atoms with Gasteiger partial charge in [-0.25, -0.2) is 0 Å². The molecular weight excluding hydrogens is 396 g/mol. The summed E-state index contributed by atoms with van der Waals surface area (Å²) in [5.41, 5.74) is 2.71. The van der Waals surface area contributed by atoms with Gasteiger partial charge >= 0.3 is 0 Å². The van der Waals surface area contributed by atoms with Crippen LogP contribution >= 0.6 is 0 Å². The van der Waals surface area contributed by atoms with Crippen molar-refractivity contribution in [1.29, 1.82) is 0 Å². The highest BCUT2D eigenvalue weighted by molar-refractivity contribution is 5.79. The standard InChI is InChI=1S/C24H24N2O5/c1-30-21-11-5-17(6-12-21)15-23(19-7-13-22(31-2)14-8-19)25-24(27)16-18-3-9-20(10-4-18)26(28)29/h3-14,23H,15-16H2,1-2H3,(H,25,27). The molecule has 1 unspecified atom stereocenters. The van der Waals surface area contributed by atoms with Crippen molar-refractivity contribution in [2.45, 2.75) is 18.9 Å². The summed E-state index contributed by atoms with van der Waals surface area (Å²) in [5.74, 6) is 1.35. The first-order chi connectivity index (χ1) is 15.0. The zero-order valence-electron chi connectivity index (χ0n) is 17.4. The summed E-state index contributed by atoms with van der Waals surface area (Å²) in [6, 6.07) is 21.1. The first-order valence-corrected chi connectivity index (χ1v) is 9.78. The number of hydrogen-bond donors (Lipinski definition) is 1. The highest BCUT2D eigenvalue weighted by atomic mass is 16.6. The third-order valence-corrected chi connectivity index (χ3v) is 4.96. The number of nitro groups is 1. The lowest BCUT2D eigenvalue weighted by Gasteiger charge is -2.20. The van der Waals surface area contributed by atoms with Gasteiger partial charge in [-0.15, -0.1) is 0 Å². The Balaban J connectivity index is 1.75. The summed E-state index contributed by atoms with van der Waals surface area (Å²) in [7, 11) is 3.23. The van der Waals surface area contributed by atoms with Gasteiger partial charge in [0.25, 0.3) is 5.69 Å². The topological polar surface area (TPSA) is 90.7 Å². The smallest absolute Gasteiger partial charge is 0.269 e. The van der Waals surface area contributed by atoms with E-state index in [1.165, 1.54) is 12.1 Å². The minimum Gasteiger partial charge on any atom is -0.497 e. The van der Waals surface area contributed by atoms with Crippen LogP contribution in [0.25, 0.3) is 0 Å². The Labute approximate surface area is 180 Å². The fourth-order valence-electron chi connectivity index (χ4n) is 3.25. The highest BCUT2D eigenvalue weighted by Crippen LogP contribution is 2.23. The molecule has 0 bridgehead atoms. The van der Waals surface area contributed by atoms with E-state index in [-0.39, 0.29) is 24.1 Å². The van der Waals surface area contributed by atoms with Crippen molar-refractivity contribution >= 4 is 11.6 Å². The van der Waals surface area contributed by atoms with Gasteiger partial charge in [-0.3, -0.25) is 14.9 Å². The predicted octanol–water partition coefficient (Wildman–Crippen LogP) is 4.25. The average Bonchev–Trinajstić information content (AvgIpc) is 2.79. The molecule has 0 saturated heterocycles. The molecule has 7 heteroatoms. The number of non-ortho nitro benzene ring substituents is 1. The lowest BCUT2D eigenvalue weighted by Crippen LogP contribution is -2.31. The van der Waals surface area contributed by atoms with E-state index in [0.717, 1.165) is 22.6 Å². The predicted molar refractivity (Wildman–Crippen MR) is 117 cm³/mol. The average molecular weight is 420 g/mol. The van der Waals surface area contributed by atoms with Crippen LogP contribution in [-0.2, 0) is 17.6 Å². The highest BCUT2D eigenvalue weighted by Gasteiger charge is 2.17. The number of nitro benzene ring substituents is 1. The maximum absolute atomic E-state index is 12.7. The van der Waals surface area contributed by atoms with E-state index in [9.17, 15) is 14.9 Å². The molecule has 7 nitrogen and oxygen atoms in total. The molecular formula is C24H24N2O5. The van der Waals surface area contributed by atoms with Crippen LogP contribution in [0.1, 0.15) is 22.7 Å². The molecule has 1 atom stereocenters. The maximum atomic E-state index is 12.7. The van der Waals surface area contributed by atoms with Gasteiger partial charge in [0.1, 0.15) is 11.5 Å². The Morgan fingerprint density at radius 1 is 0.871 bits per heavy atom. The van der Waals surface area contributed by atoms with Crippen molar-refractivity contribution in [3.63, 3.8) is 0 Å². The largest absolute Gasteiger partial charge is 0.497 e. The molecule has 0 aliphatic rings. The number of amides is 1. The lowest BCUT2D eigenvalue weighted by molar-refractivity contribution is -0.384. The van der Waals surface area contributed by atoms with E-state index < -0.39 is 4.92 Å². The second-order valence-electron chi connectivity index (χ2n) is 7.05. The normalized spacial score (nSPS) is 11.4. The second-order valence-corrected chi connectivity index (χ2v) is 7.05. The van der Waals surface area contributed by atoms with Gasteiger partial charge in [-0.2, -0.15) is 0 Å². The lowest BCUT2D eigenvalue weighted by atomic mass is 9.98. The second kappa shape index (κ2) is 10.2. The molecule has 0 radical (unpaired) electrons. The molecule has 0 aliphatic heterocycles. The van der Waals surface area contributed by atoms with Crippen LogP contribution in [0.4, 0.5) is 5.69 Å². The molecule has 3 rings (SSSR count). The molecule has 0 aromatic heterocycles. The Bertz CT molecular complexity index is 1020. The number of methoxy groups -OCH3 is 2. The SMILES string of the molecule is COc1ccc(CC(NC(=O)Cc2ccc([N+](=O)[O-])cc2)c2ccc(OC)cc2)cc1. The molecule has 0 spiro atoms. The van der Waals surface area contributed by atoms with Gasteiger partial charge < -0.3 is 14.8 Å². The van der Waals surface area contributed by atoms with Crippen LogP contribution < -0.4 is 14.8 Å². The van der Waals surface area contributed by atoms with Crippen LogP contribution in [0, 0.1) is 10.1 Å². The van der Waals surface area contributed by atoms with Crippen molar-refractivity contribution in [3.05, 3.63) is 99.6 Å². The minimum atomic E-state index is -0.460. The molecule has 160 valence electrons. The first kappa shape index (κ1) is 21.8. The Hall–Kier alpha value is -3.87. The van der Waals surface area contributed by atoms with Crippen molar-refractivity contribution in [2.75, 3.05) is 14.2 Å². The van der Waals surface area contributed by atoms with Gasteiger partial charge in [-0.1, -0.05) is 36.4 Å². The van der Waals surface area contributed by atoms with Crippen molar-refractivity contribution in [1.82, 2.24) is 5.32 Å². The van der Waals surface area contributed by atoms with Gasteiger partial charge in [0, 0.05) is 12.1 Å². The molecule has 1 amide bonds. The molecule has 1 N–H and O–H groups in total. The molecule has 0 fully saturated rings. The van der Waals surface area contributed by atoms with Gasteiger partial charge in [0.05, 0.1) is 31.6 Å². The number of nitrogens with zero attached hydrogens (tertiary/aromatic N) is 1. The monoisotopic (exact) mass is 420 g/mol. The zero-order chi connectivity index (χ0) is 22.2. The summed E-state index contributed by atoms with van der Waals surface area (Å²) in [6.45, 7) is 0. The number of ether oxygens (including phenoxy) is 2. The fourth-order valence-corrected chi connectivity index (χ4v) is 3.25. The Morgan fingerprint density at radius 2 is 1.39 bits per heavy atom. The number of carbonyl (C=O) groups is 1. The summed E-state index contributed by atoms with van der Waals surface area (Å²) in [4.78, 5) is 23.1. The van der Waals surface area contributed by atoms with E-state index in [2.05, 4.69) is 5.32 Å². The van der Waals surface area contributed by atoms with Crippen LogP contribution in [0.2, 0.25) is 0 Å². The Kier molecular flexibility index (Phi) is 7.22. The number of benzene rings is 3. The molecule has 0 saturated carbocycles. The summed E-state index contributed by atoms with van der Waals surface area (Å²) >= 11 is 0. The molecule has 0 heterocycles. The van der Waals surface area contributed by atoms with Crippen LogP contribution in [0.5, 0.6) is 11.5 Å². The third-order valence-electron chi connectivity index (χ3n) is 4.96. The maximum Gasteiger partial charge on any atom is 0.269 e. The summed E-state index contributed by atoms with van der Waals surface area (Å²) in [5, 5.41) is 13.9. The summed E-state index contributed by atoms with van der Waals surface area (Å²) < 4.78 is 10.4. The number of hydrogen-bond acceptors (Lipinski definition) is 5. The van der Waals surface area contributed by atoms with Crippen molar-refractivity contribution in [3.8, 4) is 11.5 Å². The van der Waals surface area contributed by atoms with E-state index >= 15 is 0 Å². The quantitative estimate of drug-likeness (QED) is 0.413. The number of nitrogens with one attached hydrogen (secondary N) is 1. The van der Waals surface area contributed by atoms with E-state index in [0.29, 0.717) is 12.0 Å². The van der Waals surface area contributed by atoms with Crippen LogP contribution in [-0.4, -0.2) is 25.1 Å². The summed E-state index contributed by atoms with van der Waals surface area (Å²) in [6.07, 6.45) is 0.732. The van der Waals surface area contributed by atoms with Gasteiger partial charge in [0.2, 0.25) is 5.91 Å². The molecule has 3 aromatic carbocycles. The minimum absolute atomic E-state index is 0.000210.